The number of hydrogen-bond acceptors (Lipinski definition) is 2. The van der Waals surface area contributed by atoms with E-state index in [1.807, 2.05) is 12.1 Å². The highest BCUT2D eigenvalue weighted by molar-refractivity contribution is 6.29. The maximum atomic E-state index is 12.2. The number of carbonyl (C=O) groups excluding carboxylic acids is 2. The number of benzene rings is 1. The van der Waals surface area contributed by atoms with Gasteiger partial charge in [-0.2, -0.15) is 0 Å². The third kappa shape index (κ3) is 0.942. The molecule has 1 saturated carbocycles. The van der Waals surface area contributed by atoms with Crippen LogP contribution in [0.25, 0.3) is 0 Å². The Hall–Kier alpha value is -1.44. The molecule has 1 aromatic rings. The first-order chi connectivity index (χ1) is 7.26. The Morgan fingerprint density at radius 3 is 1.80 bits per heavy atom. The quantitative estimate of drug-likeness (QED) is 0.603. The Labute approximate surface area is 88.3 Å². The van der Waals surface area contributed by atoms with Crippen molar-refractivity contribution < 1.29 is 9.59 Å². The molecule has 0 atom stereocenters. The Morgan fingerprint density at radius 1 is 0.867 bits per heavy atom. The second-order valence-corrected chi connectivity index (χ2v) is 4.49. The second-order valence-electron chi connectivity index (χ2n) is 4.49. The maximum absolute atomic E-state index is 12.2. The summed E-state index contributed by atoms with van der Waals surface area (Å²) < 4.78 is 0. The van der Waals surface area contributed by atoms with Crippen molar-refractivity contribution in [3.05, 3.63) is 35.4 Å². The van der Waals surface area contributed by atoms with Crippen molar-refractivity contribution >= 4 is 11.6 Å². The molecule has 0 amide bonds. The second kappa shape index (κ2) is 2.78. The van der Waals surface area contributed by atoms with Crippen LogP contribution in [0.1, 0.15) is 46.4 Å². The fourth-order valence-electron chi connectivity index (χ4n) is 2.93. The van der Waals surface area contributed by atoms with Gasteiger partial charge in [-0.3, -0.25) is 9.59 Å². The minimum absolute atomic E-state index is 0.0700. The number of hydrogen-bond donors (Lipinski definition) is 0. The van der Waals surface area contributed by atoms with E-state index < -0.39 is 5.41 Å². The molecule has 76 valence electrons. The van der Waals surface area contributed by atoms with E-state index in [1.165, 1.54) is 0 Å². The predicted molar refractivity (Wildman–Crippen MR) is 56.0 cm³/mol. The summed E-state index contributed by atoms with van der Waals surface area (Å²) in [5.74, 6) is 0.140. The number of Topliss-reactive ketones (excluding diaryl/α,β-unsaturated/α-hetero) is 2. The summed E-state index contributed by atoms with van der Waals surface area (Å²) in [5, 5.41) is 0. The molecule has 2 heteroatoms. The van der Waals surface area contributed by atoms with Crippen LogP contribution in [-0.2, 0) is 0 Å². The normalized spacial score (nSPS) is 22.4. The van der Waals surface area contributed by atoms with Crippen LogP contribution in [0.4, 0.5) is 0 Å². The first-order valence-electron chi connectivity index (χ1n) is 5.44. The van der Waals surface area contributed by atoms with Crippen molar-refractivity contribution in [3.8, 4) is 0 Å². The molecule has 0 radical (unpaired) electrons. The maximum Gasteiger partial charge on any atom is 0.177 e. The Kier molecular flexibility index (Phi) is 1.64. The van der Waals surface area contributed by atoms with Gasteiger partial charge < -0.3 is 0 Å². The smallest absolute Gasteiger partial charge is 0.177 e. The van der Waals surface area contributed by atoms with Crippen molar-refractivity contribution in [3.63, 3.8) is 0 Å². The first-order valence-corrected chi connectivity index (χ1v) is 5.44. The molecule has 1 aromatic carbocycles. The molecule has 0 N–H and O–H groups in total. The van der Waals surface area contributed by atoms with E-state index in [-0.39, 0.29) is 11.6 Å². The van der Waals surface area contributed by atoms with Gasteiger partial charge in [0.2, 0.25) is 0 Å². The van der Waals surface area contributed by atoms with Gasteiger partial charge in [-0.15, -0.1) is 0 Å². The zero-order valence-electron chi connectivity index (χ0n) is 8.45. The van der Waals surface area contributed by atoms with Gasteiger partial charge in [0.1, 0.15) is 0 Å². The van der Waals surface area contributed by atoms with Gasteiger partial charge in [-0.1, -0.05) is 37.1 Å². The molecule has 3 rings (SSSR count). The molecule has 0 unspecified atom stereocenters. The topological polar surface area (TPSA) is 34.1 Å². The van der Waals surface area contributed by atoms with Crippen LogP contribution in [0, 0.1) is 5.41 Å². The van der Waals surface area contributed by atoms with E-state index in [1.54, 1.807) is 12.1 Å². The zero-order valence-corrected chi connectivity index (χ0v) is 8.45. The van der Waals surface area contributed by atoms with Crippen molar-refractivity contribution in [2.45, 2.75) is 25.7 Å². The van der Waals surface area contributed by atoms with Gasteiger partial charge in [-0.25, -0.2) is 0 Å². The van der Waals surface area contributed by atoms with Crippen LogP contribution in [0.5, 0.6) is 0 Å². The third-order valence-corrected chi connectivity index (χ3v) is 3.74. The van der Waals surface area contributed by atoms with Crippen LogP contribution >= 0.6 is 0 Å². The van der Waals surface area contributed by atoms with E-state index >= 15 is 0 Å². The molecule has 2 aliphatic rings. The summed E-state index contributed by atoms with van der Waals surface area (Å²) >= 11 is 0. The Balaban J connectivity index is 2.20. The molecule has 0 saturated heterocycles. The highest BCUT2D eigenvalue weighted by Gasteiger charge is 2.53. The summed E-state index contributed by atoms with van der Waals surface area (Å²) in [6.07, 6.45) is 3.51. The minimum Gasteiger partial charge on any atom is -0.293 e. The summed E-state index contributed by atoms with van der Waals surface area (Å²) in [6, 6.07) is 7.22. The van der Waals surface area contributed by atoms with Crippen LogP contribution in [0.2, 0.25) is 0 Å². The number of fused-ring (bicyclic) bond motifs is 1. The summed E-state index contributed by atoms with van der Waals surface area (Å²) in [4.78, 5) is 24.4. The number of rotatable bonds is 0. The Bertz CT molecular complexity index is 416. The van der Waals surface area contributed by atoms with Crippen LogP contribution in [0.15, 0.2) is 24.3 Å². The molecule has 1 fully saturated rings. The van der Waals surface area contributed by atoms with Crippen LogP contribution in [-0.4, -0.2) is 11.6 Å². The average molecular weight is 200 g/mol. The van der Waals surface area contributed by atoms with Gasteiger partial charge in [0.15, 0.2) is 11.6 Å². The number of carbonyl (C=O) groups is 2. The lowest BCUT2D eigenvalue weighted by molar-refractivity contribution is 0.0706. The molecule has 1 spiro atoms. The summed E-state index contributed by atoms with van der Waals surface area (Å²) in [7, 11) is 0. The third-order valence-electron chi connectivity index (χ3n) is 3.74. The lowest BCUT2D eigenvalue weighted by Gasteiger charge is -2.17. The molecule has 0 aromatic heterocycles. The molecule has 15 heavy (non-hydrogen) atoms. The standard InChI is InChI=1S/C13H12O2/c14-11-9-5-1-2-6-10(9)12(15)13(11)7-3-4-8-13/h1-2,5-6H,3-4,7-8H2. The van der Waals surface area contributed by atoms with Crippen molar-refractivity contribution in [2.75, 3.05) is 0 Å². The van der Waals surface area contributed by atoms with Crippen LogP contribution < -0.4 is 0 Å². The lowest BCUT2D eigenvalue weighted by Crippen LogP contribution is -2.29. The number of ketones is 2. The van der Waals surface area contributed by atoms with E-state index in [9.17, 15) is 9.59 Å². The van der Waals surface area contributed by atoms with Gasteiger partial charge in [0.25, 0.3) is 0 Å². The summed E-state index contributed by atoms with van der Waals surface area (Å²) in [6.45, 7) is 0. The van der Waals surface area contributed by atoms with E-state index in [4.69, 9.17) is 0 Å². The zero-order chi connectivity index (χ0) is 10.5. The van der Waals surface area contributed by atoms with E-state index in [2.05, 4.69) is 0 Å². The highest BCUT2D eigenvalue weighted by atomic mass is 16.2. The van der Waals surface area contributed by atoms with E-state index in [0.29, 0.717) is 11.1 Å². The van der Waals surface area contributed by atoms with E-state index in [0.717, 1.165) is 25.7 Å². The predicted octanol–water partition coefficient (Wildman–Crippen LogP) is 2.63. The SMILES string of the molecule is O=C1c2ccccc2C(=O)C12CCCC2. The monoisotopic (exact) mass is 200 g/mol. The van der Waals surface area contributed by atoms with Gasteiger partial charge >= 0.3 is 0 Å². The molecule has 0 bridgehead atoms. The molecular formula is C13H12O2. The fraction of sp³-hybridized carbons (Fsp3) is 0.385. The van der Waals surface area contributed by atoms with Crippen molar-refractivity contribution in [1.82, 2.24) is 0 Å². The molecule has 0 heterocycles. The van der Waals surface area contributed by atoms with Gasteiger partial charge in [0.05, 0.1) is 5.41 Å². The van der Waals surface area contributed by atoms with Gasteiger partial charge in [0, 0.05) is 11.1 Å². The first kappa shape index (κ1) is 8.84. The molecule has 2 nitrogen and oxygen atoms in total. The van der Waals surface area contributed by atoms with Crippen molar-refractivity contribution in [1.29, 1.82) is 0 Å². The molecule has 2 aliphatic carbocycles. The van der Waals surface area contributed by atoms with Gasteiger partial charge in [-0.05, 0) is 12.8 Å². The molecular weight excluding hydrogens is 188 g/mol. The Morgan fingerprint density at radius 2 is 1.33 bits per heavy atom. The highest BCUT2D eigenvalue weighted by Crippen LogP contribution is 2.48. The lowest BCUT2D eigenvalue weighted by atomic mass is 9.81. The summed E-state index contributed by atoms with van der Waals surface area (Å²) in [5.41, 5.74) is 0.623. The average Bonchev–Trinajstić information content (AvgIpc) is 2.83. The minimum atomic E-state index is -0.663. The van der Waals surface area contributed by atoms with Crippen molar-refractivity contribution in [2.24, 2.45) is 5.41 Å². The largest absolute Gasteiger partial charge is 0.293 e. The molecule has 0 aliphatic heterocycles. The van der Waals surface area contributed by atoms with Crippen LogP contribution in [0.3, 0.4) is 0 Å². The fourth-order valence-corrected chi connectivity index (χ4v) is 2.93.